The molecule has 2 aromatic rings. The summed E-state index contributed by atoms with van der Waals surface area (Å²) in [4.78, 5) is 20.1. The van der Waals surface area contributed by atoms with Crippen LogP contribution in [0.25, 0.3) is 0 Å². The summed E-state index contributed by atoms with van der Waals surface area (Å²) < 4.78 is 5.61. The predicted molar refractivity (Wildman–Crippen MR) is 98.3 cm³/mol. The van der Waals surface area contributed by atoms with Gasteiger partial charge < -0.3 is 20.7 Å². The largest absolute Gasteiger partial charge is 0.376 e. The molecule has 25 heavy (non-hydrogen) atoms. The number of hydrogen-bond donors (Lipinski definition) is 3. The molecule has 1 aromatic carbocycles. The van der Waals surface area contributed by atoms with Crippen LogP contribution >= 0.6 is 0 Å². The second kappa shape index (κ2) is 7.94. The summed E-state index contributed by atoms with van der Waals surface area (Å²) in [6, 6.07) is 9.37. The third kappa shape index (κ3) is 5.15. The monoisotopic (exact) mass is 341 g/mol. The van der Waals surface area contributed by atoms with E-state index in [2.05, 4.69) is 25.9 Å². The van der Waals surface area contributed by atoms with Crippen molar-refractivity contribution in [2.75, 3.05) is 29.1 Å². The van der Waals surface area contributed by atoms with E-state index in [1.165, 1.54) is 6.92 Å². The van der Waals surface area contributed by atoms with Gasteiger partial charge in [0.25, 0.3) is 0 Å². The maximum absolute atomic E-state index is 11.2. The lowest BCUT2D eigenvalue weighted by Gasteiger charge is -2.13. The first-order valence-corrected chi connectivity index (χ1v) is 8.44. The normalized spacial score (nSPS) is 16.5. The molecule has 1 amide bonds. The van der Waals surface area contributed by atoms with Crippen molar-refractivity contribution in [1.82, 2.24) is 9.97 Å². The molecule has 3 rings (SSSR count). The molecule has 1 unspecified atom stereocenters. The topological polar surface area (TPSA) is 88.2 Å². The van der Waals surface area contributed by atoms with E-state index in [-0.39, 0.29) is 12.0 Å². The Balaban J connectivity index is 1.68. The van der Waals surface area contributed by atoms with E-state index in [0.29, 0.717) is 18.3 Å². The maximum atomic E-state index is 11.2. The Hall–Kier alpha value is -2.67. The number of benzene rings is 1. The standard InChI is InChI=1S/C18H23N5O2/c1-12-9-17(22-15-6-3-5-14(10-15)21-13(2)24)23-18(20-12)19-11-16-7-4-8-25-16/h3,5-6,9-10,16H,4,7-8,11H2,1-2H3,(H,21,24)(H2,19,20,22,23). The van der Waals surface area contributed by atoms with E-state index in [4.69, 9.17) is 4.74 Å². The molecule has 1 aliphatic heterocycles. The fourth-order valence-electron chi connectivity index (χ4n) is 2.75. The summed E-state index contributed by atoms with van der Waals surface area (Å²) in [5, 5.41) is 9.27. The van der Waals surface area contributed by atoms with Gasteiger partial charge in [-0.25, -0.2) is 4.98 Å². The maximum Gasteiger partial charge on any atom is 0.224 e. The average Bonchev–Trinajstić information content (AvgIpc) is 3.05. The van der Waals surface area contributed by atoms with Crippen molar-refractivity contribution in [2.24, 2.45) is 0 Å². The molecular formula is C18H23N5O2. The Morgan fingerprint density at radius 3 is 2.88 bits per heavy atom. The first-order chi connectivity index (χ1) is 12.1. The minimum Gasteiger partial charge on any atom is -0.376 e. The molecule has 0 aliphatic carbocycles. The van der Waals surface area contributed by atoms with Crippen LogP contribution in [0, 0.1) is 6.92 Å². The first kappa shape index (κ1) is 17.2. The summed E-state index contributed by atoms with van der Waals surface area (Å²) in [5.41, 5.74) is 2.44. The van der Waals surface area contributed by atoms with Crippen LogP contribution in [0.2, 0.25) is 0 Å². The lowest BCUT2D eigenvalue weighted by molar-refractivity contribution is -0.114. The SMILES string of the molecule is CC(=O)Nc1cccc(Nc2cc(C)nc(NCC3CCCO3)n2)c1. The molecule has 1 aliphatic rings. The number of hydrogen-bond acceptors (Lipinski definition) is 6. The molecule has 3 N–H and O–H groups in total. The van der Waals surface area contributed by atoms with E-state index >= 15 is 0 Å². The van der Waals surface area contributed by atoms with Gasteiger partial charge in [0.2, 0.25) is 11.9 Å². The Kier molecular flexibility index (Phi) is 5.45. The number of amides is 1. The van der Waals surface area contributed by atoms with Crippen LogP contribution in [0.4, 0.5) is 23.1 Å². The van der Waals surface area contributed by atoms with Gasteiger partial charge in [0.05, 0.1) is 6.10 Å². The van der Waals surface area contributed by atoms with Crippen molar-refractivity contribution in [2.45, 2.75) is 32.8 Å². The van der Waals surface area contributed by atoms with Crippen molar-refractivity contribution in [3.8, 4) is 0 Å². The summed E-state index contributed by atoms with van der Waals surface area (Å²) in [7, 11) is 0. The molecule has 0 spiro atoms. The molecule has 1 fully saturated rings. The van der Waals surface area contributed by atoms with Gasteiger partial charge in [0, 0.05) is 43.2 Å². The number of nitrogens with zero attached hydrogens (tertiary/aromatic N) is 2. The molecule has 7 heteroatoms. The molecule has 2 heterocycles. The quantitative estimate of drug-likeness (QED) is 0.748. The molecule has 0 radical (unpaired) electrons. The smallest absolute Gasteiger partial charge is 0.224 e. The molecule has 1 atom stereocenters. The predicted octanol–water partition coefficient (Wildman–Crippen LogP) is 3.08. The number of carbonyl (C=O) groups is 1. The van der Waals surface area contributed by atoms with Gasteiger partial charge in [0.15, 0.2) is 0 Å². The number of carbonyl (C=O) groups excluding carboxylic acids is 1. The van der Waals surface area contributed by atoms with Crippen LogP contribution in [0.15, 0.2) is 30.3 Å². The molecule has 132 valence electrons. The summed E-state index contributed by atoms with van der Waals surface area (Å²) in [5.74, 6) is 1.17. The second-order valence-corrected chi connectivity index (χ2v) is 6.12. The van der Waals surface area contributed by atoms with Crippen LogP contribution in [0.1, 0.15) is 25.5 Å². The van der Waals surface area contributed by atoms with Crippen molar-refractivity contribution in [3.63, 3.8) is 0 Å². The van der Waals surface area contributed by atoms with Crippen LogP contribution in [0.5, 0.6) is 0 Å². The highest BCUT2D eigenvalue weighted by Gasteiger charge is 2.15. The van der Waals surface area contributed by atoms with Crippen LogP contribution in [0.3, 0.4) is 0 Å². The van der Waals surface area contributed by atoms with E-state index in [1.807, 2.05) is 37.3 Å². The summed E-state index contributed by atoms with van der Waals surface area (Å²) >= 11 is 0. The van der Waals surface area contributed by atoms with Crippen molar-refractivity contribution >= 4 is 29.0 Å². The van der Waals surface area contributed by atoms with Gasteiger partial charge in [-0.1, -0.05) is 6.07 Å². The van der Waals surface area contributed by atoms with Gasteiger partial charge in [-0.05, 0) is 38.0 Å². The zero-order valence-electron chi connectivity index (χ0n) is 14.5. The fourth-order valence-corrected chi connectivity index (χ4v) is 2.75. The number of rotatable bonds is 6. The Morgan fingerprint density at radius 2 is 2.12 bits per heavy atom. The molecule has 1 saturated heterocycles. The molecule has 0 saturated carbocycles. The Labute approximate surface area is 147 Å². The van der Waals surface area contributed by atoms with E-state index in [9.17, 15) is 4.79 Å². The van der Waals surface area contributed by atoms with E-state index in [1.54, 1.807) is 0 Å². The third-order valence-corrected chi connectivity index (χ3v) is 3.82. The van der Waals surface area contributed by atoms with Crippen LogP contribution in [-0.4, -0.2) is 35.1 Å². The molecule has 1 aromatic heterocycles. The highest BCUT2D eigenvalue weighted by molar-refractivity contribution is 5.89. The van der Waals surface area contributed by atoms with Crippen LogP contribution < -0.4 is 16.0 Å². The van der Waals surface area contributed by atoms with E-state index in [0.717, 1.165) is 36.5 Å². The van der Waals surface area contributed by atoms with Gasteiger partial charge in [-0.2, -0.15) is 4.98 Å². The highest BCUT2D eigenvalue weighted by Crippen LogP contribution is 2.20. The summed E-state index contributed by atoms with van der Waals surface area (Å²) in [6.45, 7) is 4.96. The van der Waals surface area contributed by atoms with Gasteiger partial charge in [-0.15, -0.1) is 0 Å². The second-order valence-electron chi connectivity index (χ2n) is 6.12. The number of aromatic nitrogens is 2. The molecule has 7 nitrogen and oxygen atoms in total. The van der Waals surface area contributed by atoms with Crippen molar-refractivity contribution in [3.05, 3.63) is 36.0 Å². The summed E-state index contributed by atoms with van der Waals surface area (Å²) in [6.07, 6.45) is 2.41. The third-order valence-electron chi connectivity index (χ3n) is 3.82. The zero-order valence-corrected chi connectivity index (χ0v) is 14.5. The van der Waals surface area contributed by atoms with E-state index < -0.39 is 0 Å². The van der Waals surface area contributed by atoms with Crippen LogP contribution in [-0.2, 0) is 9.53 Å². The molecule has 0 bridgehead atoms. The first-order valence-electron chi connectivity index (χ1n) is 8.44. The van der Waals surface area contributed by atoms with Crippen molar-refractivity contribution in [1.29, 1.82) is 0 Å². The average molecular weight is 341 g/mol. The van der Waals surface area contributed by atoms with Gasteiger partial charge >= 0.3 is 0 Å². The lowest BCUT2D eigenvalue weighted by Crippen LogP contribution is -2.20. The van der Waals surface area contributed by atoms with Crippen molar-refractivity contribution < 1.29 is 9.53 Å². The number of ether oxygens (including phenoxy) is 1. The fraction of sp³-hybridized carbons (Fsp3) is 0.389. The number of nitrogens with one attached hydrogen (secondary N) is 3. The lowest BCUT2D eigenvalue weighted by atomic mass is 10.2. The number of anilines is 4. The zero-order chi connectivity index (χ0) is 17.6. The Bertz CT molecular complexity index is 744. The van der Waals surface area contributed by atoms with Gasteiger partial charge in [-0.3, -0.25) is 4.79 Å². The highest BCUT2D eigenvalue weighted by atomic mass is 16.5. The Morgan fingerprint density at radius 1 is 1.28 bits per heavy atom. The molecular weight excluding hydrogens is 318 g/mol. The van der Waals surface area contributed by atoms with Gasteiger partial charge in [0.1, 0.15) is 5.82 Å². The number of aryl methyl sites for hydroxylation is 1. The minimum absolute atomic E-state index is 0.101. The minimum atomic E-state index is -0.101.